The van der Waals surface area contributed by atoms with E-state index in [2.05, 4.69) is 58.5 Å². The van der Waals surface area contributed by atoms with Crippen LogP contribution in [0.3, 0.4) is 0 Å². The van der Waals surface area contributed by atoms with Gasteiger partial charge >= 0.3 is 0 Å². The molecule has 2 aliphatic heterocycles. The molecule has 2 aliphatic rings. The van der Waals surface area contributed by atoms with Crippen molar-refractivity contribution in [1.29, 1.82) is 0 Å². The van der Waals surface area contributed by atoms with Crippen molar-refractivity contribution in [2.24, 2.45) is 20.2 Å². The van der Waals surface area contributed by atoms with Crippen molar-refractivity contribution in [3.63, 3.8) is 0 Å². The van der Waals surface area contributed by atoms with Crippen LogP contribution in [-0.2, 0) is 0 Å². The number of azo groups is 1. The molecule has 0 aliphatic carbocycles. The summed E-state index contributed by atoms with van der Waals surface area (Å²) in [5.74, 6) is 0. The molecular formula is C16H30N6. The molecule has 0 fully saturated rings. The molecule has 0 radical (unpaired) electrons. The zero-order valence-corrected chi connectivity index (χ0v) is 14.3. The molecule has 2 N–H and O–H groups in total. The van der Waals surface area contributed by atoms with Crippen LogP contribution in [0, 0.1) is 0 Å². The van der Waals surface area contributed by atoms with E-state index in [-0.39, 0.29) is 23.4 Å². The lowest BCUT2D eigenvalue weighted by atomic mass is 10.0. The summed E-state index contributed by atoms with van der Waals surface area (Å²) in [5.41, 5.74) is -0.737. The summed E-state index contributed by atoms with van der Waals surface area (Å²) in [6, 6.07) is 0. The summed E-state index contributed by atoms with van der Waals surface area (Å²) in [6.07, 6.45) is 8.29. The minimum Gasteiger partial charge on any atom is -0.294 e. The molecule has 0 aromatic rings. The Balaban J connectivity index is 2.06. The lowest BCUT2D eigenvalue weighted by molar-refractivity contribution is 0.297. The van der Waals surface area contributed by atoms with Crippen LogP contribution in [-0.4, -0.2) is 48.9 Å². The fourth-order valence-corrected chi connectivity index (χ4v) is 2.56. The van der Waals surface area contributed by atoms with Gasteiger partial charge in [0.15, 0.2) is 0 Å². The average Bonchev–Trinajstić information content (AvgIpc) is 2.90. The minimum absolute atomic E-state index is 0.0138. The zero-order valence-electron chi connectivity index (χ0n) is 14.3. The smallest absolute Gasteiger partial charge is 0.126 e. The van der Waals surface area contributed by atoms with Gasteiger partial charge in [0, 0.05) is 12.4 Å². The van der Waals surface area contributed by atoms with Gasteiger partial charge in [0.25, 0.3) is 0 Å². The second kappa shape index (κ2) is 7.42. The van der Waals surface area contributed by atoms with Gasteiger partial charge in [0.1, 0.15) is 23.4 Å². The highest BCUT2D eigenvalue weighted by Gasteiger charge is 2.33. The van der Waals surface area contributed by atoms with Gasteiger partial charge in [-0.1, -0.05) is 0 Å². The number of rotatable bonds is 4. The SMILES string of the molecule is CC(C)(N=NC(C)(C)C1N=CCCCN1)C1N=CCCCN1. The second-order valence-electron chi connectivity index (χ2n) is 7.17. The highest BCUT2D eigenvalue weighted by Crippen LogP contribution is 2.23. The summed E-state index contributed by atoms with van der Waals surface area (Å²) >= 11 is 0. The van der Waals surface area contributed by atoms with Gasteiger partial charge in [-0.15, -0.1) is 0 Å². The van der Waals surface area contributed by atoms with Crippen molar-refractivity contribution in [3.05, 3.63) is 0 Å². The normalized spacial score (nSPS) is 27.8. The predicted molar refractivity (Wildman–Crippen MR) is 92.0 cm³/mol. The molecule has 2 heterocycles. The first-order chi connectivity index (χ1) is 10.4. The summed E-state index contributed by atoms with van der Waals surface area (Å²) in [6.45, 7) is 10.3. The van der Waals surface area contributed by atoms with Crippen molar-refractivity contribution in [2.45, 2.75) is 76.8 Å². The molecule has 2 unspecified atom stereocenters. The monoisotopic (exact) mass is 306 g/mol. The molecule has 0 amide bonds. The third-order valence-corrected chi connectivity index (χ3v) is 4.11. The molecule has 0 bridgehead atoms. The molecule has 2 rings (SSSR count). The van der Waals surface area contributed by atoms with Crippen molar-refractivity contribution in [2.75, 3.05) is 13.1 Å². The fourth-order valence-electron chi connectivity index (χ4n) is 2.56. The first-order valence-electron chi connectivity index (χ1n) is 8.36. The maximum absolute atomic E-state index is 4.63. The highest BCUT2D eigenvalue weighted by atomic mass is 15.3. The summed E-state index contributed by atoms with van der Waals surface area (Å²) in [5, 5.41) is 16.2. The number of hydrogen-bond donors (Lipinski definition) is 2. The van der Waals surface area contributed by atoms with Crippen LogP contribution in [0.4, 0.5) is 0 Å². The van der Waals surface area contributed by atoms with Crippen LogP contribution >= 0.6 is 0 Å². The third-order valence-electron chi connectivity index (χ3n) is 4.11. The summed E-state index contributed by atoms with van der Waals surface area (Å²) in [4.78, 5) is 9.18. The van der Waals surface area contributed by atoms with E-state index in [1.54, 1.807) is 0 Å². The Morgan fingerprint density at radius 3 is 1.64 bits per heavy atom. The van der Waals surface area contributed by atoms with Gasteiger partial charge in [0.2, 0.25) is 0 Å². The van der Waals surface area contributed by atoms with Crippen LogP contribution in [0.1, 0.15) is 53.4 Å². The van der Waals surface area contributed by atoms with Crippen molar-refractivity contribution >= 4 is 12.4 Å². The van der Waals surface area contributed by atoms with Crippen LogP contribution < -0.4 is 10.6 Å². The Hall–Kier alpha value is -1.14. The van der Waals surface area contributed by atoms with Crippen LogP contribution in [0.25, 0.3) is 0 Å². The standard InChI is InChI=1S/C16H30N6/c1-15(2,13-17-9-5-6-10-18-13)21-22-16(3,4)14-19-11-7-8-12-20-14/h9,11,13-14,18,20H,5-8,10,12H2,1-4H3. The zero-order chi connectivity index (χ0) is 16.1. The molecule has 2 atom stereocenters. The Kier molecular flexibility index (Phi) is 5.81. The van der Waals surface area contributed by atoms with Crippen molar-refractivity contribution in [3.8, 4) is 0 Å². The average molecular weight is 306 g/mol. The molecule has 0 aromatic carbocycles. The number of nitrogens with one attached hydrogen (secondary N) is 2. The quantitative estimate of drug-likeness (QED) is 0.783. The maximum atomic E-state index is 4.63. The largest absolute Gasteiger partial charge is 0.294 e. The van der Waals surface area contributed by atoms with E-state index in [1.807, 2.05) is 12.4 Å². The van der Waals surface area contributed by atoms with Gasteiger partial charge in [0.05, 0.1) is 0 Å². The Labute approximate surface area is 134 Å². The lowest BCUT2D eigenvalue weighted by Gasteiger charge is -2.31. The maximum Gasteiger partial charge on any atom is 0.126 e. The van der Waals surface area contributed by atoms with Gasteiger partial charge in [-0.05, 0) is 66.5 Å². The van der Waals surface area contributed by atoms with E-state index in [0.29, 0.717) is 0 Å². The van der Waals surface area contributed by atoms with Crippen molar-refractivity contribution in [1.82, 2.24) is 10.6 Å². The predicted octanol–water partition coefficient (Wildman–Crippen LogP) is 2.56. The minimum atomic E-state index is -0.368. The first kappa shape index (κ1) is 17.2. The Morgan fingerprint density at radius 2 is 1.23 bits per heavy atom. The second-order valence-corrected chi connectivity index (χ2v) is 7.17. The van der Waals surface area contributed by atoms with E-state index in [9.17, 15) is 0 Å². The molecule has 124 valence electrons. The van der Waals surface area contributed by atoms with Gasteiger partial charge in [-0.25, -0.2) is 0 Å². The van der Waals surface area contributed by atoms with E-state index < -0.39 is 0 Å². The van der Waals surface area contributed by atoms with E-state index in [4.69, 9.17) is 0 Å². The fraction of sp³-hybridized carbons (Fsp3) is 0.875. The number of aliphatic imine (C=N–C) groups is 2. The first-order valence-corrected chi connectivity index (χ1v) is 8.36. The highest BCUT2D eigenvalue weighted by molar-refractivity contribution is 5.58. The molecule has 6 heteroatoms. The summed E-state index contributed by atoms with van der Waals surface area (Å²) < 4.78 is 0. The molecule has 0 spiro atoms. The topological polar surface area (TPSA) is 73.5 Å². The molecule has 0 aromatic heterocycles. The molecule has 22 heavy (non-hydrogen) atoms. The van der Waals surface area contributed by atoms with E-state index >= 15 is 0 Å². The van der Waals surface area contributed by atoms with E-state index in [1.165, 1.54) is 0 Å². The Bertz CT molecular complexity index is 398. The Morgan fingerprint density at radius 1 is 0.818 bits per heavy atom. The number of nitrogens with zero attached hydrogens (tertiary/aromatic N) is 4. The number of hydrogen-bond acceptors (Lipinski definition) is 6. The van der Waals surface area contributed by atoms with Crippen LogP contribution in [0.5, 0.6) is 0 Å². The lowest BCUT2D eigenvalue weighted by Crippen LogP contribution is -2.46. The van der Waals surface area contributed by atoms with Gasteiger partial charge in [-0.2, -0.15) is 10.2 Å². The van der Waals surface area contributed by atoms with Gasteiger partial charge < -0.3 is 0 Å². The van der Waals surface area contributed by atoms with E-state index in [0.717, 1.165) is 38.8 Å². The van der Waals surface area contributed by atoms with Crippen molar-refractivity contribution < 1.29 is 0 Å². The van der Waals surface area contributed by atoms with Gasteiger partial charge in [-0.3, -0.25) is 20.6 Å². The molecule has 0 saturated carbocycles. The molecule has 0 saturated heterocycles. The molecular weight excluding hydrogens is 276 g/mol. The third kappa shape index (κ3) is 4.68. The molecule has 6 nitrogen and oxygen atoms in total. The summed E-state index contributed by atoms with van der Waals surface area (Å²) in [7, 11) is 0. The van der Waals surface area contributed by atoms with Crippen LogP contribution in [0.2, 0.25) is 0 Å². The van der Waals surface area contributed by atoms with Crippen LogP contribution in [0.15, 0.2) is 20.2 Å².